The number of carbonyl (C=O) groups excluding carboxylic acids is 1. The highest BCUT2D eigenvalue weighted by atomic mass is 16.1. The minimum Gasteiger partial charge on any atom is -0.368 e. The van der Waals surface area contributed by atoms with Gasteiger partial charge >= 0.3 is 0 Å². The van der Waals surface area contributed by atoms with Crippen LogP contribution in [0.1, 0.15) is 11.1 Å². The molecule has 1 atom stereocenters. The van der Waals surface area contributed by atoms with Gasteiger partial charge in [-0.25, -0.2) is 0 Å². The second kappa shape index (κ2) is 3.18. The van der Waals surface area contributed by atoms with Gasteiger partial charge in [-0.1, -0.05) is 24.3 Å². The Balaban J connectivity index is 2.24. The summed E-state index contributed by atoms with van der Waals surface area (Å²) in [6.45, 7) is 0.740. The highest BCUT2D eigenvalue weighted by molar-refractivity contribution is 5.80. The van der Waals surface area contributed by atoms with Gasteiger partial charge in [-0.15, -0.1) is 0 Å². The zero-order chi connectivity index (χ0) is 9.26. The van der Waals surface area contributed by atoms with Crippen LogP contribution < -0.4 is 11.1 Å². The number of carbonyl (C=O) groups is 1. The predicted molar refractivity (Wildman–Crippen MR) is 50.0 cm³/mol. The zero-order valence-corrected chi connectivity index (χ0v) is 7.29. The van der Waals surface area contributed by atoms with Gasteiger partial charge in [-0.2, -0.15) is 0 Å². The lowest BCUT2D eigenvalue weighted by atomic mass is 9.96. The third-order valence-electron chi connectivity index (χ3n) is 2.42. The largest absolute Gasteiger partial charge is 0.368 e. The number of nitrogens with two attached hydrogens (primary N) is 1. The summed E-state index contributed by atoms with van der Waals surface area (Å²) in [6, 6.07) is 7.91. The molecule has 0 aliphatic carbocycles. The zero-order valence-electron chi connectivity index (χ0n) is 7.29. The third kappa shape index (κ3) is 1.55. The monoisotopic (exact) mass is 176 g/mol. The van der Waals surface area contributed by atoms with Crippen LogP contribution in [0.2, 0.25) is 0 Å². The third-order valence-corrected chi connectivity index (χ3v) is 2.42. The highest BCUT2D eigenvalue weighted by Gasteiger charge is 2.21. The summed E-state index contributed by atoms with van der Waals surface area (Å²) in [5.41, 5.74) is 7.71. The molecule has 0 saturated heterocycles. The van der Waals surface area contributed by atoms with E-state index >= 15 is 0 Å². The van der Waals surface area contributed by atoms with E-state index in [1.807, 2.05) is 18.2 Å². The Bertz CT molecular complexity index is 335. The van der Waals surface area contributed by atoms with Crippen LogP contribution in [0.3, 0.4) is 0 Å². The molecule has 0 unspecified atom stereocenters. The van der Waals surface area contributed by atoms with Crippen LogP contribution in [-0.4, -0.2) is 11.9 Å². The van der Waals surface area contributed by atoms with Gasteiger partial charge in [0.2, 0.25) is 5.91 Å². The van der Waals surface area contributed by atoms with E-state index in [1.54, 1.807) is 0 Å². The summed E-state index contributed by atoms with van der Waals surface area (Å²) in [7, 11) is 0. The van der Waals surface area contributed by atoms with Crippen LogP contribution in [0.25, 0.3) is 0 Å². The fraction of sp³-hybridized carbons (Fsp3) is 0.300. The smallest absolute Gasteiger partial charge is 0.234 e. The molecule has 3 nitrogen and oxygen atoms in total. The van der Waals surface area contributed by atoms with E-state index in [-0.39, 0.29) is 11.9 Å². The van der Waals surface area contributed by atoms with Crippen molar-refractivity contribution < 1.29 is 4.79 Å². The number of primary amides is 1. The molecule has 1 aromatic rings. The summed E-state index contributed by atoms with van der Waals surface area (Å²) in [5.74, 6) is -0.269. The molecule has 3 heteroatoms. The lowest BCUT2D eigenvalue weighted by molar-refractivity contribution is -0.120. The number of fused-ring (bicyclic) bond motifs is 1. The molecule has 1 amide bonds. The van der Waals surface area contributed by atoms with Crippen LogP contribution in [0.15, 0.2) is 24.3 Å². The molecule has 68 valence electrons. The molecule has 0 fully saturated rings. The Kier molecular flexibility index (Phi) is 2.02. The molecule has 1 aromatic carbocycles. The number of rotatable bonds is 1. The number of nitrogens with one attached hydrogen (secondary N) is 1. The number of benzene rings is 1. The van der Waals surface area contributed by atoms with Crippen molar-refractivity contribution in [3.63, 3.8) is 0 Å². The molecule has 13 heavy (non-hydrogen) atoms. The standard InChI is InChI=1S/C10H12N2O/c11-10(13)9-5-7-3-1-2-4-8(7)6-12-9/h1-4,9,12H,5-6H2,(H2,11,13)/t9-/m0/s1. The van der Waals surface area contributed by atoms with Crippen molar-refractivity contribution >= 4 is 5.91 Å². The molecule has 1 aliphatic heterocycles. The number of hydrogen-bond acceptors (Lipinski definition) is 2. The SMILES string of the molecule is NC(=O)[C@@H]1Cc2ccccc2CN1. The van der Waals surface area contributed by atoms with Crippen LogP contribution >= 0.6 is 0 Å². The van der Waals surface area contributed by atoms with Crippen molar-refractivity contribution in [2.45, 2.75) is 19.0 Å². The van der Waals surface area contributed by atoms with Crippen molar-refractivity contribution in [3.8, 4) is 0 Å². The lowest BCUT2D eigenvalue weighted by Crippen LogP contribution is -2.45. The topological polar surface area (TPSA) is 55.1 Å². The average Bonchev–Trinajstić information content (AvgIpc) is 2.17. The van der Waals surface area contributed by atoms with Crippen molar-refractivity contribution in [1.82, 2.24) is 5.32 Å². The Morgan fingerprint density at radius 3 is 2.77 bits per heavy atom. The van der Waals surface area contributed by atoms with E-state index in [0.29, 0.717) is 6.42 Å². The Morgan fingerprint density at radius 1 is 1.38 bits per heavy atom. The molecule has 1 aliphatic rings. The second-order valence-corrected chi connectivity index (χ2v) is 3.31. The van der Waals surface area contributed by atoms with Crippen LogP contribution in [-0.2, 0) is 17.8 Å². The van der Waals surface area contributed by atoms with E-state index < -0.39 is 0 Å². The summed E-state index contributed by atoms with van der Waals surface area (Å²) < 4.78 is 0. The lowest BCUT2D eigenvalue weighted by Gasteiger charge is -2.23. The first kappa shape index (κ1) is 8.26. The molecule has 3 N–H and O–H groups in total. The molecule has 0 aromatic heterocycles. The van der Waals surface area contributed by atoms with Gasteiger partial charge < -0.3 is 11.1 Å². The first-order chi connectivity index (χ1) is 6.27. The molecule has 1 heterocycles. The Hall–Kier alpha value is -1.35. The summed E-state index contributed by atoms with van der Waals surface area (Å²) >= 11 is 0. The predicted octanol–water partition coefficient (Wildman–Crippen LogP) is 0.186. The van der Waals surface area contributed by atoms with Gasteiger partial charge in [-0.05, 0) is 17.5 Å². The summed E-state index contributed by atoms with van der Waals surface area (Å²) in [4.78, 5) is 10.9. The van der Waals surface area contributed by atoms with Crippen LogP contribution in [0.4, 0.5) is 0 Å². The maximum Gasteiger partial charge on any atom is 0.234 e. The van der Waals surface area contributed by atoms with E-state index in [4.69, 9.17) is 5.73 Å². The second-order valence-electron chi connectivity index (χ2n) is 3.31. The molecular weight excluding hydrogens is 164 g/mol. The van der Waals surface area contributed by atoms with Gasteiger partial charge in [0, 0.05) is 6.54 Å². The van der Waals surface area contributed by atoms with E-state index in [2.05, 4.69) is 11.4 Å². The molecule has 0 saturated carbocycles. The minimum atomic E-state index is -0.269. The van der Waals surface area contributed by atoms with Crippen LogP contribution in [0, 0.1) is 0 Å². The summed E-state index contributed by atoms with van der Waals surface area (Å²) in [5, 5.41) is 3.10. The van der Waals surface area contributed by atoms with E-state index in [9.17, 15) is 4.79 Å². The molecule has 0 radical (unpaired) electrons. The van der Waals surface area contributed by atoms with E-state index in [0.717, 1.165) is 6.54 Å². The molecular formula is C10H12N2O. The number of hydrogen-bond donors (Lipinski definition) is 2. The van der Waals surface area contributed by atoms with Crippen molar-refractivity contribution in [2.24, 2.45) is 5.73 Å². The van der Waals surface area contributed by atoms with Gasteiger partial charge in [0.1, 0.15) is 0 Å². The maximum atomic E-state index is 10.9. The van der Waals surface area contributed by atoms with Gasteiger partial charge in [0.25, 0.3) is 0 Å². The fourth-order valence-electron chi connectivity index (χ4n) is 1.66. The van der Waals surface area contributed by atoms with Gasteiger partial charge in [0.05, 0.1) is 6.04 Å². The average molecular weight is 176 g/mol. The quantitative estimate of drug-likeness (QED) is 0.641. The van der Waals surface area contributed by atoms with Crippen molar-refractivity contribution in [3.05, 3.63) is 35.4 Å². The first-order valence-corrected chi connectivity index (χ1v) is 4.37. The molecule has 2 rings (SSSR count). The number of amides is 1. The first-order valence-electron chi connectivity index (χ1n) is 4.37. The Labute approximate surface area is 76.9 Å². The Morgan fingerprint density at radius 2 is 2.08 bits per heavy atom. The molecule has 0 spiro atoms. The van der Waals surface area contributed by atoms with E-state index in [1.165, 1.54) is 11.1 Å². The highest BCUT2D eigenvalue weighted by Crippen LogP contribution is 2.15. The molecule has 0 bridgehead atoms. The normalized spacial score (nSPS) is 20.8. The van der Waals surface area contributed by atoms with Crippen molar-refractivity contribution in [1.29, 1.82) is 0 Å². The van der Waals surface area contributed by atoms with Crippen LogP contribution in [0.5, 0.6) is 0 Å². The van der Waals surface area contributed by atoms with Gasteiger partial charge in [0.15, 0.2) is 0 Å². The minimum absolute atomic E-state index is 0.199. The maximum absolute atomic E-state index is 10.9. The fourth-order valence-corrected chi connectivity index (χ4v) is 1.66. The van der Waals surface area contributed by atoms with Crippen molar-refractivity contribution in [2.75, 3.05) is 0 Å². The summed E-state index contributed by atoms with van der Waals surface area (Å²) in [6.07, 6.45) is 0.714. The van der Waals surface area contributed by atoms with Gasteiger partial charge in [-0.3, -0.25) is 4.79 Å².